The van der Waals surface area contributed by atoms with Crippen molar-refractivity contribution in [3.8, 4) is 5.75 Å². The molecule has 0 spiro atoms. The van der Waals surface area contributed by atoms with E-state index in [1.165, 1.54) is 51.5 Å². The Morgan fingerprint density at radius 1 is 0.971 bits per heavy atom. The average Bonchev–Trinajstić information content (AvgIpc) is 2.83. The second kappa shape index (κ2) is 10.7. The highest BCUT2D eigenvalue weighted by Crippen LogP contribution is 2.28. The van der Waals surface area contributed by atoms with Gasteiger partial charge in [-0.05, 0) is 42.5 Å². The number of sulfonamides is 1. The Bertz CT molecular complexity index is 1280. The molecular weight excluding hydrogens is 480 g/mol. The van der Waals surface area contributed by atoms with Gasteiger partial charge in [-0.3, -0.25) is 4.79 Å². The van der Waals surface area contributed by atoms with E-state index in [2.05, 4.69) is 5.32 Å². The molecule has 1 atom stereocenters. The molecule has 1 N–H and O–H groups in total. The molecule has 0 aliphatic carbocycles. The minimum absolute atomic E-state index is 0.0304. The molecule has 3 aromatic rings. The number of carbonyl (C=O) groups excluding carboxylic acids is 2. The highest BCUT2D eigenvalue weighted by molar-refractivity contribution is 7.89. The molecule has 0 saturated carbocycles. The van der Waals surface area contributed by atoms with Gasteiger partial charge < -0.3 is 14.8 Å². The number of nitrogens with zero attached hydrogens (tertiary/aromatic N) is 1. The van der Waals surface area contributed by atoms with Crippen molar-refractivity contribution < 1.29 is 27.5 Å². The molecule has 1 unspecified atom stereocenters. The molecule has 0 aliphatic heterocycles. The second-order valence-corrected chi connectivity index (χ2v) is 9.91. The van der Waals surface area contributed by atoms with E-state index in [0.717, 1.165) is 4.31 Å². The van der Waals surface area contributed by atoms with Crippen LogP contribution in [0.4, 0.5) is 5.69 Å². The Balaban J connectivity index is 1.83. The van der Waals surface area contributed by atoms with Crippen molar-refractivity contribution in [1.29, 1.82) is 0 Å². The summed E-state index contributed by atoms with van der Waals surface area (Å²) in [5, 5.41) is 3.00. The Kier molecular flexibility index (Phi) is 7.93. The number of hydrogen-bond donors (Lipinski definition) is 1. The molecule has 0 aliphatic rings. The number of halogens is 1. The molecule has 178 valence electrons. The van der Waals surface area contributed by atoms with Crippen molar-refractivity contribution in [1.82, 2.24) is 4.31 Å². The van der Waals surface area contributed by atoms with E-state index in [4.69, 9.17) is 21.1 Å². The molecule has 0 aromatic heterocycles. The van der Waals surface area contributed by atoms with E-state index >= 15 is 0 Å². The smallest absolute Gasteiger partial charge is 0.339 e. The predicted molar refractivity (Wildman–Crippen MR) is 129 cm³/mol. The van der Waals surface area contributed by atoms with E-state index < -0.39 is 28.0 Å². The normalized spacial score (nSPS) is 12.1. The number of hydrogen-bond acceptors (Lipinski definition) is 6. The number of rotatable bonds is 8. The molecule has 0 heterocycles. The van der Waals surface area contributed by atoms with Crippen LogP contribution in [0, 0.1) is 0 Å². The van der Waals surface area contributed by atoms with Crippen LogP contribution in [0.25, 0.3) is 0 Å². The van der Waals surface area contributed by atoms with Crippen molar-refractivity contribution in [3.05, 3.63) is 88.9 Å². The SMILES string of the molecule is COc1ccc(NC(=O)C(OC(=O)c2ccc(S(=O)(=O)N(C)C)cc2)c2ccccc2)cc1Cl. The Morgan fingerprint density at radius 3 is 2.18 bits per heavy atom. The molecule has 0 fully saturated rings. The van der Waals surface area contributed by atoms with Gasteiger partial charge in [-0.2, -0.15) is 0 Å². The summed E-state index contributed by atoms with van der Waals surface area (Å²) in [5.74, 6) is -0.927. The first-order valence-corrected chi connectivity index (χ1v) is 11.9. The van der Waals surface area contributed by atoms with E-state index in [1.54, 1.807) is 42.5 Å². The predicted octanol–water partition coefficient (Wildman–Crippen LogP) is 4.14. The van der Waals surface area contributed by atoms with Crippen LogP contribution >= 0.6 is 11.6 Å². The third kappa shape index (κ3) is 5.74. The van der Waals surface area contributed by atoms with E-state index in [1.807, 2.05) is 0 Å². The quantitative estimate of drug-likeness (QED) is 0.464. The molecule has 1 amide bonds. The maximum Gasteiger partial charge on any atom is 0.339 e. The van der Waals surface area contributed by atoms with Crippen LogP contribution in [-0.2, 0) is 19.6 Å². The monoisotopic (exact) mass is 502 g/mol. The van der Waals surface area contributed by atoms with Gasteiger partial charge in [0.2, 0.25) is 16.1 Å². The minimum Gasteiger partial charge on any atom is -0.495 e. The van der Waals surface area contributed by atoms with Gasteiger partial charge in [0.15, 0.2) is 0 Å². The lowest BCUT2D eigenvalue weighted by Gasteiger charge is -2.19. The molecule has 8 nitrogen and oxygen atoms in total. The van der Waals surface area contributed by atoms with E-state index in [9.17, 15) is 18.0 Å². The number of benzene rings is 3. The van der Waals surface area contributed by atoms with Crippen LogP contribution in [0.5, 0.6) is 5.75 Å². The summed E-state index contributed by atoms with van der Waals surface area (Å²) in [6.07, 6.45) is -1.26. The number of methoxy groups -OCH3 is 1. The van der Waals surface area contributed by atoms with Gasteiger partial charge in [0.25, 0.3) is 5.91 Å². The average molecular weight is 503 g/mol. The van der Waals surface area contributed by atoms with Crippen LogP contribution in [0.2, 0.25) is 5.02 Å². The van der Waals surface area contributed by atoms with Gasteiger partial charge in [-0.15, -0.1) is 0 Å². The highest BCUT2D eigenvalue weighted by Gasteiger charge is 2.26. The van der Waals surface area contributed by atoms with Crippen LogP contribution in [0.3, 0.4) is 0 Å². The van der Waals surface area contributed by atoms with Crippen LogP contribution in [-0.4, -0.2) is 45.8 Å². The van der Waals surface area contributed by atoms with E-state index in [0.29, 0.717) is 22.0 Å². The fourth-order valence-corrected chi connectivity index (χ4v) is 4.16. The van der Waals surface area contributed by atoms with E-state index in [-0.39, 0.29) is 10.5 Å². The maximum atomic E-state index is 13.1. The lowest BCUT2D eigenvalue weighted by molar-refractivity contribution is -0.125. The first kappa shape index (κ1) is 25.2. The number of amides is 1. The zero-order valence-electron chi connectivity index (χ0n) is 18.7. The molecule has 0 bridgehead atoms. The van der Waals surface area contributed by atoms with Gasteiger partial charge >= 0.3 is 5.97 Å². The summed E-state index contributed by atoms with van der Waals surface area (Å²) in [6.45, 7) is 0. The summed E-state index contributed by atoms with van der Waals surface area (Å²) in [4.78, 5) is 25.9. The number of carbonyl (C=O) groups is 2. The summed E-state index contributed by atoms with van der Waals surface area (Å²) in [6, 6.07) is 18.5. The third-order valence-corrected chi connectivity index (χ3v) is 6.98. The standard InChI is InChI=1S/C24H23ClN2O6S/c1-27(2)34(30,31)19-12-9-17(10-13-19)24(29)33-22(16-7-5-4-6-8-16)23(28)26-18-11-14-21(32-3)20(25)15-18/h4-15,22H,1-3H3,(H,26,28). The third-order valence-electron chi connectivity index (χ3n) is 4.85. The molecule has 3 rings (SSSR count). The van der Waals surface area contributed by atoms with Crippen molar-refractivity contribution >= 4 is 39.2 Å². The highest BCUT2D eigenvalue weighted by atomic mass is 35.5. The first-order chi connectivity index (χ1) is 16.1. The molecule has 34 heavy (non-hydrogen) atoms. The van der Waals surface area contributed by atoms with Gasteiger partial charge in [-0.1, -0.05) is 41.9 Å². The minimum atomic E-state index is -3.64. The van der Waals surface area contributed by atoms with Crippen molar-refractivity contribution in [2.24, 2.45) is 0 Å². The van der Waals surface area contributed by atoms with Gasteiger partial charge in [-0.25, -0.2) is 17.5 Å². The largest absolute Gasteiger partial charge is 0.495 e. The lowest BCUT2D eigenvalue weighted by atomic mass is 10.1. The molecule has 0 radical (unpaired) electrons. The fraction of sp³-hybridized carbons (Fsp3) is 0.167. The zero-order chi connectivity index (χ0) is 24.9. The second-order valence-electron chi connectivity index (χ2n) is 7.35. The number of ether oxygens (including phenoxy) is 2. The maximum absolute atomic E-state index is 13.1. The molecule has 10 heteroatoms. The molecular formula is C24H23ClN2O6S. The van der Waals surface area contributed by atoms with Crippen LogP contribution < -0.4 is 10.1 Å². The number of esters is 1. The van der Waals surface area contributed by atoms with Crippen molar-refractivity contribution in [2.45, 2.75) is 11.0 Å². The Morgan fingerprint density at radius 2 is 1.62 bits per heavy atom. The van der Waals surface area contributed by atoms with Crippen molar-refractivity contribution in [2.75, 3.05) is 26.5 Å². The summed E-state index contributed by atoms with van der Waals surface area (Å²) in [7, 11) is 0.661. The van der Waals surface area contributed by atoms with Gasteiger partial charge in [0.1, 0.15) is 5.75 Å². The molecule has 3 aromatic carbocycles. The van der Waals surface area contributed by atoms with Gasteiger partial charge in [0.05, 0.1) is 22.6 Å². The summed E-state index contributed by atoms with van der Waals surface area (Å²) in [5.41, 5.74) is 0.949. The van der Waals surface area contributed by atoms with Crippen molar-refractivity contribution in [3.63, 3.8) is 0 Å². The molecule has 0 saturated heterocycles. The summed E-state index contributed by atoms with van der Waals surface area (Å²) >= 11 is 6.13. The van der Waals surface area contributed by atoms with Crippen LogP contribution in [0.15, 0.2) is 77.7 Å². The zero-order valence-corrected chi connectivity index (χ0v) is 20.3. The Labute approximate surface area is 203 Å². The number of nitrogens with one attached hydrogen (secondary N) is 1. The van der Waals surface area contributed by atoms with Gasteiger partial charge in [0, 0.05) is 25.3 Å². The lowest BCUT2D eigenvalue weighted by Crippen LogP contribution is -2.26. The first-order valence-electron chi connectivity index (χ1n) is 10.1. The fourth-order valence-electron chi connectivity index (χ4n) is 3.00. The summed E-state index contributed by atoms with van der Waals surface area (Å²) < 4.78 is 36.2. The van der Waals surface area contributed by atoms with Crippen LogP contribution in [0.1, 0.15) is 22.0 Å². The topological polar surface area (TPSA) is 102 Å². The Hall–Kier alpha value is -3.40. The number of anilines is 1.